The largest absolute Gasteiger partial charge is 0.378 e. The van der Waals surface area contributed by atoms with Crippen LogP contribution in [0.15, 0.2) is 0 Å². The maximum Gasteiger partial charge on any atom is 0.0900 e. The fourth-order valence-corrected chi connectivity index (χ4v) is 3.33. The van der Waals surface area contributed by atoms with E-state index in [1.54, 1.807) is 11.3 Å². The van der Waals surface area contributed by atoms with Crippen LogP contribution in [0.1, 0.15) is 41.9 Å². The molecular weight excluding hydrogens is 232 g/mol. The summed E-state index contributed by atoms with van der Waals surface area (Å²) in [6, 6.07) is 0.341. The van der Waals surface area contributed by atoms with Gasteiger partial charge in [0.2, 0.25) is 0 Å². The number of thiazole rings is 1. The minimum Gasteiger partial charge on any atom is -0.378 e. The van der Waals surface area contributed by atoms with Gasteiger partial charge in [-0.25, -0.2) is 4.98 Å². The molecule has 0 bridgehead atoms. The highest BCUT2D eigenvalue weighted by molar-refractivity contribution is 7.11. The Morgan fingerprint density at radius 2 is 2.29 bits per heavy atom. The zero-order valence-corrected chi connectivity index (χ0v) is 11.9. The summed E-state index contributed by atoms with van der Waals surface area (Å²) in [5, 5.41) is 4.75. The molecule has 0 amide bonds. The maximum atomic E-state index is 5.58. The molecule has 4 heteroatoms. The minimum atomic E-state index is 0.341. The number of hydrogen-bond acceptors (Lipinski definition) is 4. The lowest BCUT2D eigenvalue weighted by Gasteiger charge is -2.18. The van der Waals surface area contributed by atoms with Gasteiger partial charge in [0.1, 0.15) is 0 Å². The van der Waals surface area contributed by atoms with Crippen LogP contribution in [0.5, 0.6) is 0 Å². The van der Waals surface area contributed by atoms with E-state index in [4.69, 9.17) is 4.74 Å². The van der Waals surface area contributed by atoms with Crippen molar-refractivity contribution < 1.29 is 4.74 Å². The Morgan fingerprint density at radius 3 is 2.82 bits per heavy atom. The van der Waals surface area contributed by atoms with Crippen molar-refractivity contribution in [3.63, 3.8) is 0 Å². The maximum absolute atomic E-state index is 5.58. The first-order chi connectivity index (χ1) is 8.08. The van der Waals surface area contributed by atoms with E-state index in [2.05, 4.69) is 38.0 Å². The number of rotatable bonds is 4. The summed E-state index contributed by atoms with van der Waals surface area (Å²) >= 11 is 1.78. The Balaban J connectivity index is 1.88. The molecule has 2 rings (SSSR count). The molecule has 1 fully saturated rings. The quantitative estimate of drug-likeness (QED) is 0.897. The predicted octanol–water partition coefficient (Wildman–Crippen LogP) is 2.84. The molecule has 0 spiro atoms. The van der Waals surface area contributed by atoms with Gasteiger partial charge in [0.15, 0.2) is 0 Å². The van der Waals surface area contributed by atoms with Gasteiger partial charge in [0, 0.05) is 24.1 Å². The molecular formula is C13H22N2OS. The number of ether oxygens (including phenoxy) is 1. The van der Waals surface area contributed by atoms with Crippen LogP contribution in [0.25, 0.3) is 0 Å². The second-order valence-corrected chi connectivity index (χ2v) is 6.34. The third-order valence-corrected chi connectivity index (χ3v) is 4.47. The SMILES string of the molecule is Cc1nc(C(C)NCC2CCOC2C)c(C)s1. The van der Waals surface area contributed by atoms with Crippen LogP contribution in [-0.2, 0) is 4.74 Å². The summed E-state index contributed by atoms with van der Waals surface area (Å²) < 4.78 is 5.58. The fraction of sp³-hybridized carbons (Fsp3) is 0.769. The average molecular weight is 254 g/mol. The lowest BCUT2D eigenvalue weighted by molar-refractivity contribution is 0.105. The van der Waals surface area contributed by atoms with Crippen LogP contribution in [0, 0.1) is 19.8 Å². The second-order valence-electron chi connectivity index (χ2n) is 4.93. The van der Waals surface area contributed by atoms with Crippen molar-refractivity contribution in [3.05, 3.63) is 15.6 Å². The van der Waals surface area contributed by atoms with Gasteiger partial charge in [-0.2, -0.15) is 0 Å². The molecule has 1 aromatic heterocycles. The molecule has 3 atom stereocenters. The van der Waals surface area contributed by atoms with Gasteiger partial charge in [0.25, 0.3) is 0 Å². The molecule has 96 valence electrons. The van der Waals surface area contributed by atoms with Crippen molar-refractivity contribution in [3.8, 4) is 0 Å². The van der Waals surface area contributed by atoms with Crippen molar-refractivity contribution in [2.24, 2.45) is 5.92 Å². The molecule has 0 saturated carbocycles. The number of hydrogen-bond donors (Lipinski definition) is 1. The van der Waals surface area contributed by atoms with Crippen LogP contribution < -0.4 is 5.32 Å². The highest BCUT2D eigenvalue weighted by Gasteiger charge is 2.24. The van der Waals surface area contributed by atoms with Crippen LogP contribution in [0.2, 0.25) is 0 Å². The normalized spacial score (nSPS) is 26.4. The first-order valence-electron chi connectivity index (χ1n) is 6.37. The Morgan fingerprint density at radius 1 is 1.53 bits per heavy atom. The zero-order valence-electron chi connectivity index (χ0n) is 11.1. The fourth-order valence-electron chi connectivity index (χ4n) is 2.42. The van der Waals surface area contributed by atoms with Crippen molar-refractivity contribution >= 4 is 11.3 Å². The average Bonchev–Trinajstić information content (AvgIpc) is 2.81. The van der Waals surface area contributed by atoms with E-state index in [-0.39, 0.29) is 0 Å². The van der Waals surface area contributed by atoms with Gasteiger partial charge in [0.05, 0.1) is 16.8 Å². The van der Waals surface area contributed by atoms with Gasteiger partial charge < -0.3 is 10.1 Å². The first kappa shape index (κ1) is 13.0. The Hall–Kier alpha value is -0.450. The van der Waals surface area contributed by atoms with Gasteiger partial charge in [-0.15, -0.1) is 11.3 Å². The van der Waals surface area contributed by atoms with E-state index >= 15 is 0 Å². The zero-order chi connectivity index (χ0) is 12.4. The van der Waals surface area contributed by atoms with E-state index in [1.165, 1.54) is 17.0 Å². The lowest BCUT2D eigenvalue weighted by atomic mass is 10.0. The van der Waals surface area contributed by atoms with Crippen LogP contribution in [0.4, 0.5) is 0 Å². The smallest absolute Gasteiger partial charge is 0.0900 e. The molecule has 2 heterocycles. The first-order valence-corrected chi connectivity index (χ1v) is 7.18. The van der Waals surface area contributed by atoms with Gasteiger partial charge in [-0.05, 0) is 40.0 Å². The minimum absolute atomic E-state index is 0.341. The molecule has 0 radical (unpaired) electrons. The van der Waals surface area contributed by atoms with Crippen LogP contribution in [-0.4, -0.2) is 24.2 Å². The molecule has 0 aliphatic carbocycles. The molecule has 3 nitrogen and oxygen atoms in total. The van der Waals surface area contributed by atoms with E-state index < -0.39 is 0 Å². The highest BCUT2D eigenvalue weighted by atomic mass is 32.1. The Labute approximate surface area is 108 Å². The second kappa shape index (κ2) is 5.46. The molecule has 1 aliphatic rings. The summed E-state index contributed by atoms with van der Waals surface area (Å²) in [5.41, 5.74) is 1.21. The summed E-state index contributed by atoms with van der Waals surface area (Å²) in [6.45, 7) is 10.5. The molecule has 17 heavy (non-hydrogen) atoms. The van der Waals surface area contributed by atoms with Crippen molar-refractivity contribution in [1.29, 1.82) is 0 Å². The van der Waals surface area contributed by atoms with Gasteiger partial charge in [-0.3, -0.25) is 0 Å². The van der Waals surface area contributed by atoms with E-state index in [0.29, 0.717) is 18.1 Å². The Kier molecular flexibility index (Phi) is 4.17. The molecule has 1 N–H and O–H groups in total. The molecule has 1 saturated heterocycles. The summed E-state index contributed by atoms with van der Waals surface area (Å²) in [7, 11) is 0. The Bertz CT molecular complexity index is 377. The van der Waals surface area contributed by atoms with Crippen molar-refractivity contribution in [2.75, 3.05) is 13.2 Å². The van der Waals surface area contributed by atoms with Crippen molar-refractivity contribution in [2.45, 2.75) is 46.3 Å². The number of nitrogens with zero attached hydrogens (tertiary/aromatic N) is 1. The molecule has 3 unspecified atom stereocenters. The number of aryl methyl sites for hydroxylation is 2. The molecule has 1 aliphatic heterocycles. The summed E-state index contributed by atoms with van der Waals surface area (Å²) in [5.74, 6) is 0.650. The van der Waals surface area contributed by atoms with E-state index in [0.717, 1.165) is 18.2 Å². The number of aromatic nitrogens is 1. The molecule has 0 aromatic carbocycles. The van der Waals surface area contributed by atoms with E-state index in [9.17, 15) is 0 Å². The summed E-state index contributed by atoms with van der Waals surface area (Å²) in [6.07, 6.45) is 1.57. The summed E-state index contributed by atoms with van der Waals surface area (Å²) in [4.78, 5) is 5.93. The monoisotopic (exact) mass is 254 g/mol. The third kappa shape index (κ3) is 3.06. The topological polar surface area (TPSA) is 34.2 Å². The molecule has 1 aromatic rings. The van der Waals surface area contributed by atoms with Gasteiger partial charge in [-0.1, -0.05) is 0 Å². The highest BCUT2D eigenvalue weighted by Crippen LogP contribution is 2.24. The van der Waals surface area contributed by atoms with Crippen LogP contribution >= 0.6 is 11.3 Å². The van der Waals surface area contributed by atoms with Crippen LogP contribution in [0.3, 0.4) is 0 Å². The van der Waals surface area contributed by atoms with Crippen molar-refractivity contribution in [1.82, 2.24) is 10.3 Å². The van der Waals surface area contributed by atoms with E-state index in [1.807, 2.05) is 0 Å². The predicted molar refractivity (Wildman–Crippen MR) is 71.5 cm³/mol. The lowest BCUT2D eigenvalue weighted by Crippen LogP contribution is -2.29. The third-order valence-electron chi connectivity index (χ3n) is 3.57. The number of nitrogens with one attached hydrogen (secondary N) is 1. The van der Waals surface area contributed by atoms with Gasteiger partial charge >= 0.3 is 0 Å². The standard InChI is InChI=1S/C13H22N2OS/c1-8(13-10(3)17-11(4)15-13)14-7-12-5-6-16-9(12)2/h8-9,12,14H,5-7H2,1-4H3.